The molecule has 0 atom stereocenters. The number of morpholine rings is 1. The van der Waals surface area contributed by atoms with Crippen molar-refractivity contribution in [3.05, 3.63) is 57.7 Å². The first-order chi connectivity index (χ1) is 10.8. The molecule has 1 heterocycles. The first-order valence-electron chi connectivity index (χ1n) is 7.29. The number of nitrogens with zero attached hydrogens (tertiary/aromatic N) is 2. The third kappa shape index (κ3) is 4.20. The maximum absolute atomic E-state index is 5.38. The Labute approximate surface area is 144 Å². The van der Waals surface area contributed by atoms with E-state index >= 15 is 0 Å². The SMILES string of the molecule is Ic1ccc(NN=Cc2ccc(N3CCOCC3)cc2)cc1. The Morgan fingerprint density at radius 3 is 2.36 bits per heavy atom. The van der Waals surface area contributed by atoms with E-state index in [4.69, 9.17) is 4.74 Å². The Morgan fingerprint density at radius 2 is 1.68 bits per heavy atom. The topological polar surface area (TPSA) is 36.9 Å². The van der Waals surface area contributed by atoms with Gasteiger partial charge in [-0.15, -0.1) is 0 Å². The Kier molecular flexibility index (Phi) is 5.29. The molecule has 1 aliphatic heterocycles. The van der Waals surface area contributed by atoms with Crippen LogP contribution in [0.15, 0.2) is 53.6 Å². The second-order valence-corrected chi connectivity index (χ2v) is 6.31. The van der Waals surface area contributed by atoms with Gasteiger partial charge >= 0.3 is 0 Å². The van der Waals surface area contributed by atoms with Gasteiger partial charge in [-0.2, -0.15) is 5.10 Å². The van der Waals surface area contributed by atoms with Crippen LogP contribution in [-0.4, -0.2) is 32.5 Å². The van der Waals surface area contributed by atoms with E-state index in [1.165, 1.54) is 9.26 Å². The highest BCUT2D eigenvalue weighted by Gasteiger charge is 2.10. The van der Waals surface area contributed by atoms with Gasteiger partial charge in [0.1, 0.15) is 0 Å². The molecule has 0 saturated carbocycles. The number of hydrogen-bond donors (Lipinski definition) is 1. The number of rotatable bonds is 4. The van der Waals surface area contributed by atoms with Crippen LogP contribution in [0.2, 0.25) is 0 Å². The fourth-order valence-corrected chi connectivity index (χ4v) is 2.66. The summed E-state index contributed by atoms with van der Waals surface area (Å²) in [7, 11) is 0. The van der Waals surface area contributed by atoms with Gasteiger partial charge in [0.05, 0.1) is 25.1 Å². The summed E-state index contributed by atoms with van der Waals surface area (Å²) < 4.78 is 6.59. The molecule has 0 aliphatic carbocycles. The van der Waals surface area contributed by atoms with E-state index in [-0.39, 0.29) is 0 Å². The fraction of sp³-hybridized carbons (Fsp3) is 0.235. The first kappa shape index (κ1) is 15.3. The molecule has 3 rings (SSSR count). The minimum Gasteiger partial charge on any atom is -0.378 e. The van der Waals surface area contributed by atoms with Crippen molar-refractivity contribution < 1.29 is 4.74 Å². The normalized spacial score (nSPS) is 15.2. The molecule has 0 unspecified atom stereocenters. The zero-order valence-corrected chi connectivity index (χ0v) is 14.4. The molecule has 0 spiro atoms. The molecule has 0 amide bonds. The lowest BCUT2D eigenvalue weighted by Gasteiger charge is -2.28. The zero-order chi connectivity index (χ0) is 15.2. The third-order valence-electron chi connectivity index (χ3n) is 3.52. The molecule has 22 heavy (non-hydrogen) atoms. The van der Waals surface area contributed by atoms with E-state index in [9.17, 15) is 0 Å². The molecular weight excluding hydrogens is 389 g/mol. The molecule has 2 aromatic rings. The number of anilines is 2. The van der Waals surface area contributed by atoms with Crippen molar-refractivity contribution >= 4 is 40.2 Å². The van der Waals surface area contributed by atoms with E-state index in [1.54, 1.807) is 0 Å². The molecule has 2 aromatic carbocycles. The van der Waals surface area contributed by atoms with Gasteiger partial charge in [0.15, 0.2) is 0 Å². The molecular formula is C17H18IN3O. The van der Waals surface area contributed by atoms with Gasteiger partial charge in [0.2, 0.25) is 0 Å². The highest BCUT2D eigenvalue weighted by atomic mass is 127. The van der Waals surface area contributed by atoms with Gasteiger partial charge in [0, 0.05) is 22.3 Å². The lowest BCUT2D eigenvalue weighted by Crippen LogP contribution is -2.36. The maximum Gasteiger partial charge on any atom is 0.0642 e. The molecule has 0 radical (unpaired) electrons. The smallest absolute Gasteiger partial charge is 0.0642 e. The molecule has 4 nitrogen and oxygen atoms in total. The van der Waals surface area contributed by atoms with Gasteiger partial charge in [0.25, 0.3) is 0 Å². The number of hydrazone groups is 1. The Bertz CT molecular complexity index is 619. The number of benzene rings is 2. The van der Waals surface area contributed by atoms with Crippen LogP contribution in [0, 0.1) is 3.57 Å². The summed E-state index contributed by atoms with van der Waals surface area (Å²) in [5, 5.41) is 4.27. The molecule has 1 saturated heterocycles. The largest absolute Gasteiger partial charge is 0.378 e. The Hall–Kier alpha value is -1.60. The van der Waals surface area contributed by atoms with Crippen molar-refractivity contribution in [2.45, 2.75) is 0 Å². The van der Waals surface area contributed by atoms with E-state index in [2.05, 4.69) is 74.4 Å². The van der Waals surface area contributed by atoms with Crippen LogP contribution < -0.4 is 10.3 Å². The zero-order valence-electron chi connectivity index (χ0n) is 12.2. The predicted molar refractivity (Wildman–Crippen MR) is 99.8 cm³/mol. The lowest BCUT2D eigenvalue weighted by atomic mass is 10.2. The summed E-state index contributed by atoms with van der Waals surface area (Å²) in [4.78, 5) is 2.34. The van der Waals surface area contributed by atoms with E-state index < -0.39 is 0 Å². The van der Waals surface area contributed by atoms with Crippen molar-refractivity contribution in [1.29, 1.82) is 0 Å². The number of halogens is 1. The van der Waals surface area contributed by atoms with Gasteiger partial charge in [-0.1, -0.05) is 12.1 Å². The summed E-state index contributed by atoms with van der Waals surface area (Å²) in [6.07, 6.45) is 1.83. The lowest BCUT2D eigenvalue weighted by molar-refractivity contribution is 0.122. The van der Waals surface area contributed by atoms with Gasteiger partial charge in [-0.05, 0) is 64.6 Å². The minimum absolute atomic E-state index is 0.809. The molecule has 1 fully saturated rings. The second-order valence-electron chi connectivity index (χ2n) is 5.07. The van der Waals surface area contributed by atoms with Crippen molar-refractivity contribution in [2.24, 2.45) is 5.10 Å². The van der Waals surface area contributed by atoms with E-state index in [0.29, 0.717) is 0 Å². The van der Waals surface area contributed by atoms with E-state index in [0.717, 1.165) is 37.6 Å². The number of nitrogens with one attached hydrogen (secondary N) is 1. The van der Waals surface area contributed by atoms with Crippen LogP contribution in [-0.2, 0) is 4.74 Å². The van der Waals surface area contributed by atoms with Crippen molar-refractivity contribution in [3.8, 4) is 0 Å². The van der Waals surface area contributed by atoms with Crippen LogP contribution in [0.1, 0.15) is 5.56 Å². The minimum atomic E-state index is 0.809. The summed E-state index contributed by atoms with van der Waals surface area (Å²) in [5.41, 5.74) is 6.35. The molecule has 1 N–H and O–H groups in total. The summed E-state index contributed by atoms with van der Waals surface area (Å²) in [5.74, 6) is 0. The van der Waals surface area contributed by atoms with Crippen LogP contribution in [0.3, 0.4) is 0 Å². The van der Waals surface area contributed by atoms with Crippen LogP contribution in [0.5, 0.6) is 0 Å². The predicted octanol–water partition coefficient (Wildman–Crippen LogP) is 3.57. The number of hydrogen-bond acceptors (Lipinski definition) is 4. The molecule has 1 aliphatic rings. The van der Waals surface area contributed by atoms with Crippen molar-refractivity contribution in [3.63, 3.8) is 0 Å². The summed E-state index contributed by atoms with van der Waals surface area (Å²) >= 11 is 2.29. The van der Waals surface area contributed by atoms with Gasteiger partial charge in [-0.25, -0.2) is 0 Å². The summed E-state index contributed by atoms with van der Waals surface area (Å²) in [6, 6.07) is 16.6. The average molecular weight is 407 g/mol. The Morgan fingerprint density at radius 1 is 1.00 bits per heavy atom. The monoisotopic (exact) mass is 407 g/mol. The fourth-order valence-electron chi connectivity index (χ4n) is 2.30. The standard InChI is InChI=1S/C17H18IN3O/c18-15-3-5-16(6-4-15)20-19-13-14-1-7-17(8-2-14)21-9-11-22-12-10-21/h1-8,13,20H,9-12H2. The molecule has 0 aromatic heterocycles. The molecule has 5 heteroatoms. The van der Waals surface area contributed by atoms with Gasteiger partial charge < -0.3 is 9.64 Å². The average Bonchev–Trinajstić information content (AvgIpc) is 2.58. The van der Waals surface area contributed by atoms with Gasteiger partial charge in [-0.3, -0.25) is 5.43 Å². The molecule has 114 valence electrons. The van der Waals surface area contributed by atoms with Crippen LogP contribution >= 0.6 is 22.6 Å². The second kappa shape index (κ2) is 7.60. The summed E-state index contributed by atoms with van der Waals surface area (Å²) in [6.45, 7) is 3.54. The van der Waals surface area contributed by atoms with Crippen LogP contribution in [0.25, 0.3) is 0 Å². The number of ether oxygens (including phenoxy) is 1. The Balaban J connectivity index is 1.58. The third-order valence-corrected chi connectivity index (χ3v) is 4.24. The van der Waals surface area contributed by atoms with Crippen molar-refractivity contribution in [2.75, 3.05) is 36.6 Å². The highest BCUT2D eigenvalue weighted by molar-refractivity contribution is 14.1. The van der Waals surface area contributed by atoms with Crippen molar-refractivity contribution in [1.82, 2.24) is 0 Å². The maximum atomic E-state index is 5.38. The molecule has 0 bridgehead atoms. The first-order valence-corrected chi connectivity index (χ1v) is 8.36. The van der Waals surface area contributed by atoms with E-state index in [1.807, 2.05) is 18.3 Å². The van der Waals surface area contributed by atoms with Crippen LogP contribution in [0.4, 0.5) is 11.4 Å². The highest BCUT2D eigenvalue weighted by Crippen LogP contribution is 2.16. The quantitative estimate of drug-likeness (QED) is 0.479.